The minimum atomic E-state index is -3.87. The van der Waals surface area contributed by atoms with Crippen LogP contribution in [0.1, 0.15) is 5.69 Å². The molecular formula is C12H14ClFN8O5S. The van der Waals surface area contributed by atoms with Crippen LogP contribution in [0.3, 0.4) is 0 Å². The summed E-state index contributed by atoms with van der Waals surface area (Å²) in [4.78, 5) is 15.8. The first kappa shape index (κ1) is 21.5. The zero-order valence-electron chi connectivity index (χ0n) is 13.8. The number of nitrogens with one attached hydrogen (secondary N) is 4. The first-order valence-electron chi connectivity index (χ1n) is 7.28. The molecule has 0 aliphatic heterocycles. The number of hydrogen-bond acceptors (Lipinski definition) is 8. The largest absolute Gasteiger partial charge is 0.337 e. The van der Waals surface area contributed by atoms with E-state index >= 15 is 0 Å². The lowest BCUT2D eigenvalue weighted by Crippen LogP contribution is -2.39. The quantitative estimate of drug-likeness (QED) is 0.149. The molecule has 2 amide bonds. The number of anilines is 1. The van der Waals surface area contributed by atoms with Gasteiger partial charge in [-0.05, 0) is 28.5 Å². The van der Waals surface area contributed by atoms with E-state index in [4.69, 9.17) is 16.7 Å². The van der Waals surface area contributed by atoms with Gasteiger partial charge in [-0.25, -0.2) is 28.7 Å². The fourth-order valence-electron chi connectivity index (χ4n) is 1.76. The smallest absolute Gasteiger partial charge is 0.320 e. The Morgan fingerprint density at radius 1 is 1.36 bits per heavy atom. The van der Waals surface area contributed by atoms with Crippen LogP contribution >= 0.6 is 11.6 Å². The van der Waals surface area contributed by atoms with Crippen molar-refractivity contribution in [1.29, 1.82) is 0 Å². The highest BCUT2D eigenvalue weighted by Gasteiger charge is 2.19. The van der Waals surface area contributed by atoms with Gasteiger partial charge in [-0.15, -0.1) is 0 Å². The number of nitrogens with zero attached hydrogens (tertiary/aromatic N) is 3. The topological polar surface area (TPSA) is 197 Å². The molecular weight excluding hydrogens is 423 g/mol. The summed E-state index contributed by atoms with van der Waals surface area (Å²) in [5, 5.41) is 25.4. The molecule has 2 rings (SSSR count). The highest BCUT2D eigenvalue weighted by atomic mass is 35.5. The summed E-state index contributed by atoms with van der Waals surface area (Å²) in [6, 6.07) is 2.76. The Kier molecular flexibility index (Phi) is 7.18. The van der Waals surface area contributed by atoms with Crippen molar-refractivity contribution in [3.05, 3.63) is 34.7 Å². The van der Waals surface area contributed by atoms with Crippen molar-refractivity contribution in [3.63, 3.8) is 0 Å². The first-order valence-corrected chi connectivity index (χ1v) is 9.21. The Morgan fingerprint density at radius 2 is 2.11 bits per heavy atom. The van der Waals surface area contributed by atoms with Gasteiger partial charge in [0.15, 0.2) is 11.5 Å². The number of rotatable bonds is 7. The van der Waals surface area contributed by atoms with E-state index in [1.54, 1.807) is 5.48 Å². The van der Waals surface area contributed by atoms with Gasteiger partial charge < -0.3 is 5.32 Å². The van der Waals surface area contributed by atoms with Gasteiger partial charge >= 0.3 is 6.03 Å². The van der Waals surface area contributed by atoms with Crippen molar-refractivity contribution in [3.8, 4) is 0 Å². The SMILES string of the molecule is NS(=O)(=O)NCCNC(=O)Nc1nonc1C(=Nc1ccc(F)c(Cl)c1)NO. The lowest BCUT2D eigenvalue weighted by molar-refractivity contribution is 0.234. The molecule has 0 bridgehead atoms. The normalized spacial score (nSPS) is 11.9. The molecule has 0 saturated heterocycles. The molecule has 0 fully saturated rings. The number of halogens is 2. The second-order valence-corrected chi connectivity index (χ2v) is 6.74. The van der Waals surface area contributed by atoms with Gasteiger partial charge in [-0.1, -0.05) is 11.6 Å². The van der Waals surface area contributed by atoms with Gasteiger partial charge in [-0.2, -0.15) is 8.42 Å². The number of aliphatic imine (C=N–C) groups is 1. The van der Waals surface area contributed by atoms with Gasteiger partial charge in [-0.3, -0.25) is 16.0 Å². The number of hydroxylamine groups is 1. The Hall–Kier alpha value is -2.85. The van der Waals surface area contributed by atoms with E-state index in [0.717, 1.165) is 6.07 Å². The van der Waals surface area contributed by atoms with Gasteiger partial charge in [0.05, 0.1) is 10.7 Å². The number of urea groups is 1. The molecule has 0 saturated carbocycles. The zero-order chi connectivity index (χ0) is 20.7. The van der Waals surface area contributed by atoms with E-state index in [0.29, 0.717) is 0 Å². The van der Waals surface area contributed by atoms with Crippen LogP contribution in [0.4, 0.5) is 20.7 Å². The summed E-state index contributed by atoms with van der Waals surface area (Å²) in [6.45, 7) is -0.234. The Balaban J connectivity index is 2.07. The average molecular weight is 437 g/mol. The molecule has 2 aromatic rings. The van der Waals surface area contributed by atoms with Crippen LogP contribution in [-0.2, 0) is 10.2 Å². The van der Waals surface area contributed by atoms with E-state index in [1.807, 2.05) is 4.72 Å². The molecule has 152 valence electrons. The van der Waals surface area contributed by atoms with E-state index in [1.165, 1.54) is 12.1 Å². The molecule has 0 spiro atoms. The molecule has 13 nitrogen and oxygen atoms in total. The summed E-state index contributed by atoms with van der Waals surface area (Å²) in [7, 11) is -3.87. The molecule has 1 aromatic carbocycles. The second kappa shape index (κ2) is 9.38. The summed E-state index contributed by atoms with van der Waals surface area (Å²) < 4.78 is 41.1. The fourth-order valence-corrected chi connectivity index (χ4v) is 2.32. The van der Waals surface area contributed by atoms with Crippen LogP contribution in [0.25, 0.3) is 0 Å². The molecule has 28 heavy (non-hydrogen) atoms. The summed E-state index contributed by atoms with van der Waals surface area (Å²) in [6.07, 6.45) is 0. The van der Waals surface area contributed by atoms with Crippen molar-refractivity contribution in [2.24, 2.45) is 10.1 Å². The van der Waals surface area contributed by atoms with Crippen LogP contribution in [-0.4, -0.2) is 48.9 Å². The lowest BCUT2D eigenvalue weighted by Gasteiger charge is -2.07. The Labute approximate surface area is 162 Å². The van der Waals surface area contributed by atoms with Gasteiger partial charge in [0.1, 0.15) is 5.82 Å². The number of carbonyl (C=O) groups excluding carboxylic acids is 1. The van der Waals surface area contributed by atoms with Crippen molar-refractivity contribution in [2.75, 3.05) is 18.4 Å². The zero-order valence-corrected chi connectivity index (χ0v) is 15.4. The van der Waals surface area contributed by atoms with Crippen LogP contribution in [0, 0.1) is 5.82 Å². The van der Waals surface area contributed by atoms with E-state index in [2.05, 4.69) is 30.6 Å². The Morgan fingerprint density at radius 3 is 2.75 bits per heavy atom. The predicted molar refractivity (Wildman–Crippen MR) is 95.0 cm³/mol. The van der Waals surface area contributed by atoms with E-state index in [-0.39, 0.29) is 41.1 Å². The average Bonchev–Trinajstić information content (AvgIpc) is 3.06. The summed E-state index contributed by atoms with van der Waals surface area (Å²) >= 11 is 5.66. The highest BCUT2D eigenvalue weighted by molar-refractivity contribution is 7.87. The maximum atomic E-state index is 13.2. The molecule has 0 radical (unpaired) electrons. The van der Waals surface area contributed by atoms with Crippen LogP contribution in [0.5, 0.6) is 0 Å². The maximum Gasteiger partial charge on any atom is 0.320 e. The number of aromatic nitrogens is 2. The maximum absolute atomic E-state index is 13.2. The number of nitrogens with two attached hydrogens (primary N) is 1. The van der Waals surface area contributed by atoms with Crippen LogP contribution < -0.4 is 26.0 Å². The van der Waals surface area contributed by atoms with Gasteiger partial charge in [0, 0.05) is 13.1 Å². The molecule has 7 N–H and O–H groups in total. The standard InChI is InChI=1S/C12H14ClFN8O5S/c13-7-5-6(1-2-8(7)14)18-10(20-24)9-11(22-27-21-9)19-12(23)16-3-4-17-28(15,25)26/h1-2,5,17,24H,3-4H2,(H,18,20)(H2,15,25,26)(H2,16,19,22,23). The molecule has 1 aromatic heterocycles. The molecule has 16 heteroatoms. The number of benzene rings is 1. The second-order valence-electron chi connectivity index (χ2n) is 4.95. The molecule has 0 aliphatic rings. The van der Waals surface area contributed by atoms with E-state index in [9.17, 15) is 22.8 Å². The molecule has 0 unspecified atom stereocenters. The highest BCUT2D eigenvalue weighted by Crippen LogP contribution is 2.22. The number of hydrogen-bond donors (Lipinski definition) is 6. The molecule has 0 atom stereocenters. The van der Waals surface area contributed by atoms with Crippen LogP contribution in [0.15, 0.2) is 27.8 Å². The van der Waals surface area contributed by atoms with Crippen molar-refractivity contribution >= 4 is 45.2 Å². The lowest BCUT2D eigenvalue weighted by atomic mass is 10.3. The van der Waals surface area contributed by atoms with Gasteiger partial charge in [0.25, 0.3) is 10.2 Å². The number of carbonyl (C=O) groups is 1. The van der Waals surface area contributed by atoms with E-state index < -0.39 is 22.1 Å². The predicted octanol–water partition coefficient (Wildman–Crippen LogP) is -0.166. The van der Waals surface area contributed by atoms with Crippen molar-refractivity contribution < 1.29 is 27.4 Å². The number of amidine groups is 1. The van der Waals surface area contributed by atoms with Crippen molar-refractivity contribution in [2.45, 2.75) is 0 Å². The van der Waals surface area contributed by atoms with Crippen molar-refractivity contribution in [1.82, 2.24) is 25.8 Å². The minimum absolute atomic E-state index is 0.0872. The van der Waals surface area contributed by atoms with Crippen LogP contribution in [0.2, 0.25) is 5.02 Å². The van der Waals surface area contributed by atoms with Gasteiger partial charge in [0.2, 0.25) is 5.82 Å². The monoisotopic (exact) mass is 436 g/mol. The number of amides is 2. The third-order valence-corrected chi connectivity index (χ3v) is 3.80. The minimum Gasteiger partial charge on any atom is -0.337 e. The third kappa shape index (κ3) is 6.39. The molecule has 0 aliphatic carbocycles. The summed E-state index contributed by atoms with van der Waals surface area (Å²) in [5.74, 6) is -1.15. The molecule has 1 heterocycles. The first-order chi connectivity index (χ1) is 13.2. The summed E-state index contributed by atoms with van der Waals surface area (Å²) in [5.41, 5.74) is 1.74. The fraction of sp³-hybridized carbons (Fsp3) is 0.167. The Bertz CT molecular complexity index is 982. The third-order valence-electron chi connectivity index (χ3n) is 2.91.